The van der Waals surface area contributed by atoms with Gasteiger partial charge in [-0.2, -0.15) is 0 Å². The third-order valence-corrected chi connectivity index (χ3v) is 7.60. The average molecular weight is 719 g/mol. The molecule has 2 N–H and O–H groups in total. The molecule has 0 aliphatic carbocycles. The van der Waals surface area contributed by atoms with Crippen molar-refractivity contribution >= 4 is 73.1 Å². The quantitative estimate of drug-likeness (QED) is 0.146. The Morgan fingerprint density at radius 1 is 0.909 bits per heavy atom. The molecule has 0 spiro atoms. The van der Waals surface area contributed by atoms with E-state index in [0.29, 0.717) is 32.6 Å². The summed E-state index contributed by atoms with van der Waals surface area (Å²) in [7, 11) is 0. The van der Waals surface area contributed by atoms with Gasteiger partial charge >= 0.3 is 6.03 Å². The molecule has 0 atom stereocenters. The van der Waals surface area contributed by atoms with Crippen LogP contribution in [0.2, 0.25) is 0 Å². The number of ether oxygens (including phenoxy) is 2. The summed E-state index contributed by atoms with van der Waals surface area (Å²) >= 11 is 6.85. The Bertz CT molecular complexity index is 1770. The van der Waals surface area contributed by atoms with E-state index in [2.05, 4.69) is 42.5 Å². The monoisotopic (exact) mass is 717 g/mol. The van der Waals surface area contributed by atoms with E-state index in [1.165, 1.54) is 6.08 Å². The van der Waals surface area contributed by atoms with Crippen molar-refractivity contribution in [3.05, 3.63) is 122 Å². The van der Waals surface area contributed by atoms with Gasteiger partial charge in [-0.25, -0.2) is 9.69 Å². The lowest BCUT2D eigenvalue weighted by Crippen LogP contribution is -2.54. The standard InChI is InChI=1S/C33H25Br2N3O6/c1-20-7-5-6-10-28(20)36-29(39)19-44-30-22(15-23(34)17-27(30)35)16-26-31(40)37-33(42)38(32(26)41)24-11-13-25(14-12-24)43-18-21-8-3-2-4-9-21/h2-17H,18-19H2,1H3,(H,36,39)(H,37,40,42)/b26-16-. The number of carbonyl (C=O) groups is 4. The number of hydrogen-bond acceptors (Lipinski definition) is 6. The highest BCUT2D eigenvalue weighted by Crippen LogP contribution is 2.35. The molecular weight excluding hydrogens is 694 g/mol. The number of nitrogens with one attached hydrogen (secondary N) is 2. The fraction of sp³-hybridized carbons (Fsp3) is 0.0909. The van der Waals surface area contributed by atoms with Crippen molar-refractivity contribution in [1.29, 1.82) is 0 Å². The van der Waals surface area contributed by atoms with Crippen LogP contribution in [0.15, 0.2) is 106 Å². The smallest absolute Gasteiger partial charge is 0.335 e. The molecule has 11 heteroatoms. The minimum atomic E-state index is -0.880. The van der Waals surface area contributed by atoms with Crippen molar-refractivity contribution in [2.24, 2.45) is 0 Å². The van der Waals surface area contributed by atoms with Crippen molar-refractivity contribution in [2.45, 2.75) is 13.5 Å². The minimum Gasteiger partial charge on any atom is -0.489 e. The Morgan fingerprint density at radius 3 is 2.34 bits per heavy atom. The second kappa shape index (κ2) is 13.7. The number of barbiturate groups is 1. The summed E-state index contributed by atoms with van der Waals surface area (Å²) in [5.41, 5.74) is 2.82. The number of benzene rings is 4. The van der Waals surface area contributed by atoms with Crippen molar-refractivity contribution in [3.63, 3.8) is 0 Å². The van der Waals surface area contributed by atoms with Crippen LogP contribution in [0.3, 0.4) is 0 Å². The Hall–Kier alpha value is -4.74. The van der Waals surface area contributed by atoms with Crippen molar-refractivity contribution in [1.82, 2.24) is 5.32 Å². The Morgan fingerprint density at radius 2 is 1.61 bits per heavy atom. The highest BCUT2D eigenvalue weighted by Gasteiger charge is 2.37. The van der Waals surface area contributed by atoms with Crippen molar-refractivity contribution in [2.75, 3.05) is 16.8 Å². The molecule has 4 aromatic rings. The fourth-order valence-electron chi connectivity index (χ4n) is 4.36. The lowest BCUT2D eigenvalue weighted by atomic mass is 10.1. The van der Waals surface area contributed by atoms with Crippen LogP contribution < -0.4 is 25.0 Å². The van der Waals surface area contributed by atoms with Crippen molar-refractivity contribution in [3.8, 4) is 11.5 Å². The first kappa shape index (κ1) is 30.7. The van der Waals surface area contributed by atoms with Gasteiger partial charge in [-0.3, -0.25) is 19.7 Å². The third kappa shape index (κ3) is 7.24. The summed E-state index contributed by atoms with van der Waals surface area (Å²) in [6.45, 7) is 1.89. The summed E-state index contributed by atoms with van der Waals surface area (Å²) in [5.74, 6) is -1.31. The second-order valence-corrected chi connectivity index (χ2v) is 11.5. The number of amides is 5. The first-order valence-corrected chi connectivity index (χ1v) is 14.9. The SMILES string of the molecule is Cc1ccccc1NC(=O)COc1c(Br)cc(Br)cc1/C=C1/C(=O)NC(=O)N(c2ccc(OCc3ccccc3)cc2)C1=O. The summed E-state index contributed by atoms with van der Waals surface area (Å²) in [5, 5.41) is 5.02. The largest absolute Gasteiger partial charge is 0.489 e. The van der Waals surface area contributed by atoms with E-state index in [4.69, 9.17) is 9.47 Å². The molecule has 222 valence electrons. The number of nitrogens with zero attached hydrogens (tertiary/aromatic N) is 1. The maximum Gasteiger partial charge on any atom is 0.335 e. The zero-order valence-electron chi connectivity index (χ0n) is 23.3. The van der Waals surface area contributed by atoms with Crippen LogP contribution in [0, 0.1) is 6.92 Å². The molecule has 1 heterocycles. The number of halogens is 2. The zero-order valence-corrected chi connectivity index (χ0v) is 26.5. The van der Waals surface area contributed by atoms with Crippen LogP contribution in [0.25, 0.3) is 6.08 Å². The number of aryl methyl sites for hydroxylation is 1. The predicted octanol–water partition coefficient (Wildman–Crippen LogP) is 6.78. The van der Waals surface area contributed by atoms with Crippen molar-refractivity contribution < 1.29 is 28.7 Å². The lowest BCUT2D eigenvalue weighted by Gasteiger charge is -2.26. The van der Waals surface area contributed by atoms with Gasteiger partial charge in [0.1, 0.15) is 23.7 Å². The van der Waals surface area contributed by atoms with Gasteiger partial charge in [0, 0.05) is 15.7 Å². The summed E-state index contributed by atoms with van der Waals surface area (Å²) in [6, 6.07) is 25.8. The van der Waals surface area contributed by atoms with Gasteiger partial charge in [0.2, 0.25) is 0 Å². The summed E-state index contributed by atoms with van der Waals surface area (Å²) in [6.07, 6.45) is 1.32. The lowest BCUT2D eigenvalue weighted by molar-refractivity contribution is -0.122. The van der Waals surface area contributed by atoms with Gasteiger partial charge in [0.25, 0.3) is 17.7 Å². The van der Waals surface area contributed by atoms with Gasteiger partial charge in [-0.1, -0.05) is 64.5 Å². The molecule has 1 aliphatic heterocycles. The maximum absolute atomic E-state index is 13.5. The highest BCUT2D eigenvalue weighted by molar-refractivity contribution is 9.11. The fourth-order valence-corrected chi connectivity index (χ4v) is 5.73. The number of rotatable bonds is 9. The number of imide groups is 2. The van der Waals surface area contributed by atoms with E-state index in [-0.39, 0.29) is 23.6 Å². The van der Waals surface area contributed by atoms with Crippen LogP contribution >= 0.6 is 31.9 Å². The Kier molecular flexibility index (Phi) is 9.56. The molecule has 0 unspecified atom stereocenters. The molecule has 1 aliphatic rings. The average Bonchev–Trinajstić information content (AvgIpc) is 3.00. The number of urea groups is 1. The van der Waals surface area contributed by atoms with E-state index >= 15 is 0 Å². The normalized spacial score (nSPS) is 13.9. The Labute approximate surface area is 270 Å². The van der Waals surface area contributed by atoms with Gasteiger partial charge in [-0.05, 0) is 82.5 Å². The van der Waals surface area contributed by atoms with E-state index in [1.54, 1.807) is 42.5 Å². The first-order chi connectivity index (χ1) is 21.2. The molecule has 44 heavy (non-hydrogen) atoms. The van der Waals surface area contributed by atoms with E-state index in [1.807, 2.05) is 55.5 Å². The topological polar surface area (TPSA) is 114 Å². The molecule has 5 rings (SSSR count). The molecule has 0 saturated carbocycles. The van der Waals surface area contributed by atoms with Gasteiger partial charge in [0.15, 0.2) is 6.61 Å². The first-order valence-electron chi connectivity index (χ1n) is 13.3. The van der Waals surface area contributed by atoms with Gasteiger partial charge in [0.05, 0.1) is 10.2 Å². The molecule has 4 aromatic carbocycles. The molecular formula is C33H25Br2N3O6. The maximum atomic E-state index is 13.5. The second-order valence-electron chi connectivity index (χ2n) is 9.68. The zero-order chi connectivity index (χ0) is 31.2. The summed E-state index contributed by atoms with van der Waals surface area (Å²) < 4.78 is 12.7. The number of carbonyl (C=O) groups excluding carboxylic acids is 4. The molecule has 5 amide bonds. The summed E-state index contributed by atoms with van der Waals surface area (Å²) in [4.78, 5) is 52.7. The van der Waals surface area contributed by atoms with Crippen LogP contribution in [0.4, 0.5) is 16.2 Å². The van der Waals surface area contributed by atoms with Crippen LogP contribution in [-0.4, -0.2) is 30.4 Å². The third-order valence-electron chi connectivity index (χ3n) is 6.55. The van der Waals surface area contributed by atoms with E-state index in [9.17, 15) is 19.2 Å². The van der Waals surface area contributed by atoms with Crippen LogP contribution in [0.5, 0.6) is 11.5 Å². The molecule has 0 radical (unpaired) electrons. The van der Waals surface area contributed by atoms with Gasteiger partial charge in [-0.15, -0.1) is 0 Å². The van der Waals surface area contributed by atoms with Crippen LogP contribution in [0.1, 0.15) is 16.7 Å². The van der Waals surface area contributed by atoms with E-state index < -0.39 is 23.8 Å². The Balaban J connectivity index is 1.35. The van der Waals surface area contributed by atoms with Gasteiger partial charge < -0.3 is 14.8 Å². The van der Waals surface area contributed by atoms with E-state index in [0.717, 1.165) is 16.0 Å². The molecule has 1 fully saturated rings. The number of para-hydroxylation sites is 1. The molecule has 1 saturated heterocycles. The minimum absolute atomic E-state index is 0.226. The molecule has 0 bridgehead atoms. The molecule has 9 nitrogen and oxygen atoms in total. The van der Waals surface area contributed by atoms with Crippen LogP contribution in [-0.2, 0) is 21.0 Å². The number of anilines is 2. The highest BCUT2D eigenvalue weighted by atomic mass is 79.9. The predicted molar refractivity (Wildman–Crippen MR) is 173 cm³/mol. The molecule has 0 aromatic heterocycles. The number of hydrogen-bond donors (Lipinski definition) is 2.